The molecule has 1 fully saturated rings. The molecule has 22 heavy (non-hydrogen) atoms. The molecule has 0 aromatic rings. The largest absolute Gasteiger partial charge is 0.343 e. The number of likely N-dealkylation sites (N-methyl/N-ethyl adjacent to an activating group) is 1. The molecule has 1 atom stereocenters. The van der Waals surface area contributed by atoms with Gasteiger partial charge in [-0.15, -0.1) is 0 Å². The van der Waals surface area contributed by atoms with E-state index in [1.54, 1.807) is 0 Å². The molecule has 128 valence electrons. The first-order valence-electron chi connectivity index (χ1n) is 8.85. The molecule has 0 spiro atoms. The van der Waals surface area contributed by atoms with Crippen LogP contribution in [0.25, 0.3) is 0 Å². The van der Waals surface area contributed by atoms with Gasteiger partial charge in [-0.05, 0) is 39.2 Å². The molecule has 0 bridgehead atoms. The summed E-state index contributed by atoms with van der Waals surface area (Å²) < 4.78 is 0. The van der Waals surface area contributed by atoms with Crippen LogP contribution in [0.5, 0.6) is 0 Å². The molecular weight excluding hydrogens is 278 g/mol. The molecule has 5 heteroatoms. The summed E-state index contributed by atoms with van der Waals surface area (Å²) in [5.41, 5.74) is 0. The molecule has 0 aromatic carbocycles. The van der Waals surface area contributed by atoms with Crippen LogP contribution >= 0.6 is 0 Å². The van der Waals surface area contributed by atoms with Crippen LogP contribution in [-0.4, -0.2) is 60.9 Å². The molecule has 1 N–H and O–H groups in total. The van der Waals surface area contributed by atoms with Crippen molar-refractivity contribution in [3.63, 3.8) is 0 Å². The highest BCUT2D eigenvalue weighted by molar-refractivity contribution is 5.79. The van der Waals surface area contributed by atoms with Gasteiger partial charge in [0.05, 0.1) is 0 Å². The smallest absolute Gasteiger partial charge is 0.222 e. The number of hydrogen-bond acceptors (Lipinski definition) is 3. The van der Waals surface area contributed by atoms with Crippen molar-refractivity contribution in [2.75, 3.05) is 33.2 Å². The fraction of sp³-hybridized carbons (Fsp3) is 0.882. The first kappa shape index (κ1) is 18.9. The molecule has 1 aliphatic rings. The van der Waals surface area contributed by atoms with Gasteiger partial charge in [0.2, 0.25) is 11.8 Å². The lowest BCUT2D eigenvalue weighted by atomic mass is 10.1. The molecule has 1 aliphatic heterocycles. The summed E-state index contributed by atoms with van der Waals surface area (Å²) in [7, 11) is 1.93. The molecule has 0 radical (unpaired) electrons. The molecule has 1 saturated heterocycles. The highest BCUT2D eigenvalue weighted by Crippen LogP contribution is 2.18. The van der Waals surface area contributed by atoms with Crippen LogP contribution in [-0.2, 0) is 9.59 Å². The summed E-state index contributed by atoms with van der Waals surface area (Å²) in [6, 6.07) is 0.338. The Balaban J connectivity index is 2.33. The Bertz CT molecular complexity index is 341. The second kappa shape index (κ2) is 10.6. The quantitative estimate of drug-likeness (QED) is 0.671. The van der Waals surface area contributed by atoms with Gasteiger partial charge in [-0.1, -0.05) is 13.8 Å². The predicted octanol–water partition coefficient (Wildman–Crippen LogP) is 2.02. The normalized spacial score (nSPS) is 17.8. The van der Waals surface area contributed by atoms with E-state index in [0.29, 0.717) is 25.3 Å². The highest BCUT2D eigenvalue weighted by atomic mass is 16.2. The van der Waals surface area contributed by atoms with E-state index in [0.717, 1.165) is 51.9 Å². The summed E-state index contributed by atoms with van der Waals surface area (Å²) in [6.45, 7) is 7.58. The minimum absolute atomic E-state index is 0.199. The molecule has 0 saturated carbocycles. The predicted molar refractivity (Wildman–Crippen MR) is 89.7 cm³/mol. The topological polar surface area (TPSA) is 52.7 Å². The number of hydrogen-bond donors (Lipinski definition) is 1. The zero-order valence-corrected chi connectivity index (χ0v) is 14.6. The lowest BCUT2D eigenvalue weighted by Crippen LogP contribution is -2.40. The molecular formula is C17H33N3O2. The Morgan fingerprint density at radius 3 is 2.45 bits per heavy atom. The van der Waals surface area contributed by atoms with E-state index >= 15 is 0 Å². The van der Waals surface area contributed by atoms with E-state index in [-0.39, 0.29) is 11.8 Å². The van der Waals surface area contributed by atoms with E-state index in [4.69, 9.17) is 0 Å². The molecule has 5 nitrogen and oxygen atoms in total. The lowest BCUT2D eigenvalue weighted by molar-refractivity contribution is -0.133. The number of carbonyl (C=O) groups is 2. The maximum absolute atomic E-state index is 12.3. The second-order valence-electron chi connectivity index (χ2n) is 6.18. The zero-order valence-electron chi connectivity index (χ0n) is 14.6. The van der Waals surface area contributed by atoms with Gasteiger partial charge in [0.25, 0.3) is 0 Å². The van der Waals surface area contributed by atoms with Gasteiger partial charge in [-0.3, -0.25) is 9.59 Å². The van der Waals surface area contributed by atoms with Gasteiger partial charge in [-0.2, -0.15) is 0 Å². The van der Waals surface area contributed by atoms with Gasteiger partial charge in [0.15, 0.2) is 0 Å². The highest BCUT2D eigenvalue weighted by Gasteiger charge is 2.27. The number of likely N-dealkylation sites (tertiary alicyclic amines) is 1. The molecule has 2 amide bonds. The van der Waals surface area contributed by atoms with Crippen molar-refractivity contribution in [3.8, 4) is 0 Å². The molecule has 1 heterocycles. The van der Waals surface area contributed by atoms with Crippen LogP contribution < -0.4 is 5.32 Å². The first-order chi connectivity index (χ1) is 10.6. The van der Waals surface area contributed by atoms with E-state index in [2.05, 4.69) is 19.2 Å². The number of nitrogens with one attached hydrogen (secondary N) is 1. The van der Waals surface area contributed by atoms with E-state index in [1.807, 2.05) is 16.8 Å². The van der Waals surface area contributed by atoms with Crippen LogP contribution in [0.4, 0.5) is 0 Å². The Hall–Kier alpha value is -1.10. The Morgan fingerprint density at radius 1 is 1.18 bits per heavy atom. The average Bonchev–Trinajstić information content (AvgIpc) is 2.95. The average molecular weight is 311 g/mol. The number of amides is 2. The van der Waals surface area contributed by atoms with Crippen LogP contribution in [0.1, 0.15) is 58.8 Å². The summed E-state index contributed by atoms with van der Waals surface area (Å²) >= 11 is 0. The standard InChI is InChI=1S/C17H33N3O2/c1-4-11-19(12-5-2)16(21)9-6-10-17(22)20-13-7-8-15(20)14-18-3/h15,18H,4-14H2,1-3H3. The third kappa shape index (κ3) is 5.95. The SMILES string of the molecule is CCCN(CCC)C(=O)CCCC(=O)N1CCCC1CNC. The van der Waals surface area contributed by atoms with Crippen molar-refractivity contribution in [2.45, 2.75) is 64.8 Å². The van der Waals surface area contributed by atoms with Gasteiger partial charge >= 0.3 is 0 Å². The van der Waals surface area contributed by atoms with Crippen LogP contribution in [0.15, 0.2) is 0 Å². The molecule has 0 aromatic heterocycles. The Labute approximate surface area is 135 Å². The summed E-state index contributed by atoms with van der Waals surface area (Å²) in [5.74, 6) is 0.410. The zero-order chi connectivity index (χ0) is 16.4. The fourth-order valence-corrected chi connectivity index (χ4v) is 3.21. The summed E-state index contributed by atoms with van der Waals surface area (Å²) in [5, 5.41) is 3.16. The van der Waals surface area contributed by atoms with Crippen molar-refractivity contribution in [2.24, 2.45) is 0 Å². The van der Waals surface area contributed by atoms with Gasteiger partial charge in [0, 0.05) is 45.1 Å². The third-order valence-corrected chi connectivity index (χ3v) is 4.26. The van der Waals surface area contributed by atoms with Gasteiger partial charge < -0.3 is 15.1 Å². The van der Waals surface area contributed by atoms with E-state index in [1.165, 1.54) is 0 Å². The third-order valence-electron chi connectivity index (χ3n) is 4.26. The van der Waals surface area contributed by atoms with Crippen molar-refractivity contribution < 1.29 is 9.59 Å². The summed E-state index contributed by atoms with van der Waals surface area (Å²) in [6.07, 6.45) is 5.83. The summed E-state index contributed by atoms with van der Waals surface area (Å²) in [4.78, 5) is 28.4. The number of rotatable bonds is 10. The molecule has 1 unspecified atom stereocenters. The molecule has 1 rings (SSSR count). The van der Waals surface area contributed by atoms with Crippen LogP contribution in [0.2, 0.25) is 0 Å². The van der Waals surface area contributed by atoms with Crippen LogP contribution in [0, 0.1) is 0 Å². The Morgan fingerprint density at radius 2 is 1.86 bits per heavy atom. The molecule has 0 aliphatic carbocycles. The minimum Gasteiger partial charge on any atom is -0.343 e. The number of nitrogens with zero attached hydrogens (tertiary/aromatic N) is 2. The van der Waals surface area contributed by atoms with Crippen LogP contribution in [0.3, 0.4) is 0 Å². The van der Waals surface area contributed by atoms with E-state index in [9.17, 15) is 9.59 Å². The second-order valence-corrected chi connectivity index (χ2v) is 6.18. The van der Waals surface area contributed by atoms with Gasteiger partial charge in [-0.25, -0.2) is 0 Å². The van der Waals surface area contributed by atoms with Crippen molar-refractivity contribution in [1.82, 2.24) is 15.1 Å². The maximum atomic E-state index is 12.3. The lowest BCUT2D eigenvalue weighted by Gasteiger charge is -2.25. The van der Waals surface area contributed by atoms with Crippen molar-refractivity contribution in [3.05, 3.63) is 0 Å². The minimum atomic E-state index is 0.199. The van der Waals surface area contributed by atoms with Crippen molar-refractivity contribution >= 4 is 11.8 Å². The van der Waals surface area contributed by atoms with Crippen molar-refractivity contribution in [1.29, 1.82) is 0 Å². The monoisotopic (exact) mass is 311 g/mol. The first-order valence-corrected chi connectivity index (χ1v) is 8.85. The van der Waals surface area contributed by atoms with Gasteiger partial charge in [0.1, 0.15) is 0 Å². The fourth-order valence-electron chi connectivity index (χ4n) is 3.21. The Kier molecular flexibility index (Phi) is 9.13. The maximum Gasteiger partial charge on any atom is 0.222 e. The number of carbonyl (C=O) groups excluding carboxylic acids is 2. The van der Waals surface area contributed by atoms with E-state index < -0.39 is 0 Å².